The smallest absolute Gasteiger partial charge is 0.307 e. The molecule has 6 nitrogen and oxygen atoms in total. The third kappa shape index (κ3) is 6.56. The number of carbonyl (C=O) groups excluding carboxylic acids is 2. The van der Waals surface area contributed by atoms with Gasteiger partial charge in [-0.25, -0.2) is 0 Å². The van der Waals surface area contributed by atoms with E-state index in [0.29, 0.717) is 26.1 Å². The van der Waals surface area contributed by atoms with E-state index < -0.39 is 5.41 Å². The predicted molar refractivity (Wildman–Crippen MR) is 147 cm³/mol. The average Bonchev–Trinajstić information content (AvgIpc) is 2.95. The summed E-state index contributed by atoms with van der Waals surface area (Å²) in [6.45, 7) is 4.52. The van der Waals surface area contributed by atoms with Crippen molar-refractivity contribution in [3.63, 3.8) is 0 Å². The maximum absolute atomic E-state index is 13.2. The van der Waals surface area contributed by atoms with E-state index in [4.69, 9.17) is 4.74 Å². The number of amides is 1. The topological polar surface area (TPSA) is 76.7 Å². The highest BCUT2D eigenvalue weighted by Crippen LogP contribution is 2.35. The fourth-order valence-electron chi connectivity index (χ4n) is 5.26. The van der Waals surface area contributed by atoms with Gasteiger partial charge in [0, 0.05) is 25.8 Å². The maximum Gasteiger partial charge on any atom is 0.307 e. The summed E-state index contributed by atoms with van der Waals surface area (Å²) in [4.78, 5) is 24.7. The zero-order valence-electron chi connectivity index (χ0n) is 21.9. The van der Waals surface area contributed by atoms with Gasteiger partial charge in [-0.2, -0.15) is 0 Å². The van der Waals surface area contributed by atoms with Crippen LogP contribution in [-0.4, -0.2) is 45.3 Å². The summed E-state index contributed by atoms with van der Waals surface area (Å²) < 4.78 is 10.2. The fourth-order valence-corrected chi connectivity index (χ4v) is 5.26. The minimum atomic E-state index is -0.623. The summed E-state index contributed by atoms with van der Waals surface area (Å²) in [6.07, 6.45) is 3.43. The molecule has 0 spiro atoms. The molecular formula is C31H38N2O4. The molecule has 0 aliphatic carbocycles. The Balaban J connectivity index is 1.32. The zero-order valence-corrected chi connectivity index (χ0v) is 21.9. The molecule has 1 atom stereocenters. The van der Waals surface area contributed by atoms with Gasteiger partial charge in [0.05, 0.1) is 18.9 Å². The molecule has 0 saturated carbocycles. The van der Waals surface area contributed by atoms with Crippen LogP contribution in [0.25, 0.3) is 10.8 Å². The third-order valence-corrected chi connectivity index (χ3v) is 7.51. The number of nitrogens with one attached hydrogen (secondary N) is 2. The number of ether oxygens (including phenoxy) is 2. The van der Waals surface area contributed by atoms with Crippen LogP contribution in [0.3, 0.4) is 0 Å². The summed E-state index contributed by atoms with van der Waals surface area (Å²) in [5.41, 5.74) is 2.98. The molecule has 37 heavy (non-hydrogen) atoms. The Hall–Kier alpha value is -3.22. The van der Waals surface area contributed by atoms with Gasteiger partial charge in [0.25, 0.3) is 0 Å². The van der Waals surface area contributed by atoms with Gasteiger partial charge in [-0.15, -0.1) is 0 Å². The molecule has 6 heteroatoms. The molecule has 4 rings (SSSR count). The Kier molecular flexibility index (Phi) is 9.31. The first-order valence-electron chi connectivity index (χ1n) is 13.3. The van der Waals surface area contributed by atoms with Crippen LogP contribution in [0.5, 0.6) is 0 Å². The highest BCUT2D eigenvalue weighted by Gasteiger charge is 2.41. The fraction of sp³-hybridized carbons (Fsp3) is 0.419. The van der Waals surface area contributed by atoms with Crippen LogP contribution in [-0.2, 0) is 30.9 Å². The monoisotopic (exact) mass is 502 g/mol. The SMILES string of the molecule is COC(=O)CCNC(=O)C1(c2ccc(CCCN[C@H](C)c3cccc4ccccc34)cc2)CCOCC1. The molecule has 1 heterocycles. The van der Waals surface area contributed by atoms with Crippen molar-refractivity contribution >= 4 is 22.6 Å². The molecule has 1 aliphatic rings. The van der Waals surface area contributed by atoms with Crippen LogP contribution >= 0.6 is 0 Å². The van der Waals surface area contributed by atoms with Gasteiger partial charge in [0.2, 0.25) is 5.91 Å². The van der Waals surface area contributed by atoms with Crippen LogP contribution in [0.15, 0.2) is 66.7 Å². The van der Waals surface area contributed by atoms with Crippen molar-refractivity contribution in [2.75, 3.05) is 33.4 Å². The molecule has 196 valence electrons. The second kappa shape index (κ2) is 12.8. The molecule has 0 bridgehead atoms. The Morgan fingerprint density at radius 3 is 2.46 bits per heavy atom. The van der Waals surface area contributed by atoms with E-state index in [1.165, 1.54) is 29.0 Å². The van der Waals surface area contributed by atoms with Gasteiger partial charge >= 0.3 is 5.97 Å². The Labute approximate surface area is 219 Å². The van der Waals surface area contributed by atoms with E-state index in [-0.39, 0.29) is 30.9 Å². The number of methoxy groups -OCH3 is 1. The van der Waals surface area contributed by atoms with Crippen molar-refractivity contribution in [3.8, 4) is 0 Å². The molecule has 2 N–H and O–H groups in total. The van der Waals surface area contributed by atoms with E-state index in [9.17, 15) is 9.59 Å². The number of benzene rings is 3. The van der Waals surface area contributed by atoms with E-state index in [0.717, 1.165) is 24.9 Å². The first kappa shape index (κ1) is 26.8. The molecule has 3 aromatic rings. The zero-order chi connectivity index (χ0) is 26.1. The molecule has 1 saturated heterocycles. The maximum atomic E-state index is 13.2. The minimum Gasteiger partial charge on any atom is -0.469 e. The molecule has 0 radical (unpaired) electrons. The Morgan fingerprint density at radius 1 is 0.973 bits per heavy atom. The lowest BCUT2D eigenvalue weighted by Gasteiger charge is -2.36. The van der Waals surface area contributed by atoms with E-state index in [1.54, 1.807) is 0 Å². The highest BCUT2D eigenvalue weighted by atomic mass is 16.5. The number of carbonyl (C=O) groups is 2. The van der Waals surface area contributed by atoms with Crippen molar-refractivity contribution in [1.82, 2.24) is 10.6 Å². The third-order valence-electron chi connectivity index (χ3n) is 7.51. The van der Waals surface area contributed by atoms with Crippen molar-refractivity contribution < 1.29 is 19.1 Å². The summed E-state index contributed by atoms with van der Waals surface area (Å²) in [5, 5.41) is 9.20. The quantitative estimate of drug-likeness (QED) is 0.290. The van der Waals surface area contributed by atoms with Gasteiger partial charge in [-0.3, -0.25) is 9.59 Å². The van der Waals surface area contributed by atoms with Crippen LogP contribution in [0.1, 0.15) is 55.3 Å². The van der Waals surface area contributed by atoms with Crippen molar-refractivity contribution in [1.29, 1.82) is 0 Å². The number of esters is 1. The summed E-state index contributed by atoms with van der Waals surface area (Å²) in [7, 11) is 1.35. The molecule has 3 aromatic carbocycles. The van der Waals surface area contributed by atoms with Gasteiger partial charge in [0.15, 0.2) is 0 Å². The highest BCUT2D eigenvalue weighted by molar-refractivity contribution is 5.89. The number of fused-ring (bicyclic) bond motifs is 1. The van der Waals surface area contributed by atoms with E-state index in [2.05, 4.69) is 89.0 Å². The van der Waals surface area contributed by atoms with Crippen LogP contribution < -0.4 is 10.6 Å². The minimum absolute atomic E-state index is 0.0425. The number of hydrogen-bond acceptors (Lipinski definition) is 5. The van der Waals surface area contributed by atoms with Crippen molar-refractivity contribution in [2.24, 2.45) is 0 Å². The van der Waals surface area contributed by atoms with E-state index >= 15 is 0 Å². The lowest BCUT2D eigenvalue weighted by molar-refractivity contribution is -0.140. The van der Waals surface area contributed by atoms with Crippen LogP contribution in [0.2, 0.25) is 0 Å². The van der Waals surface area contributed by atoms with Gasteiger partial charge in [-0.05, 0) is 66.6 Å². The van der Waals surface area contributed by atoms with Crippen LogP contribution in [0.4, 0.5) is 0 Å². The molecule has 1 fully saturated rings. The summed E-state index contributed by atoms with van der Waals surface area (Å²) >= 11 is 0. The van der Waals surface area contributed by atoms with Crippen LogP contribution in [0, 0.1) is 0 Å². The molecule has 0 aromatic heterocycles. The Bertz CT molecular complexity index is 1180. The van der Waals surface area contributed by atoms with Crippen molar-refractivity contribution in [2.45, 2.75) is 50.5 Å². The number of rotatable bonds is 11. The molecule has 0 unspecified atom stereocenters. The van der Waals surface area contributed by atoms with Gasteiger partial charge in [0.1, 0.15) is 0 Å². The average molecular weight is 503 g/mol. The number of hydrogen-bond donors (Lipinski definition) is 2. The molecular weight excluding hydrogens is 464 g/mol. The van der Waals surface area contributed by atoms with E-state index in [1.807, 2.05) is 0 Å². The van der Waals surface area contributed by atoms with Crippen molar-refractivity contribution in [3.05, 3.63) is 83.4 Å². The molecule has 1 amide bonds. The largest absolute Gasteiger partial charge is 0.469 e. The Morgan fingerprint density at radius 2 is 1.70 bits per heavy atom. The molecule has 1 aliphatic heterocycles. The first-order chi connectivity index (χ1) is 18.0. The second-order valence-electron chi connectivity index (χ2n) is 9.82. The van der Waals surface area contributed by atoms with Gasteiger partial charge < -0.3 is 20.1 Å². The normalized spacial score (nSPS) is 15.7. The summed E-state index contributed by atoms with van der Waals surface area (Å²) in [6, 6.07) is 23.8. The lowest BCUT2D eigenvalue weighted by atomic mass is 9.73. The lowest BCUT2D eigenvalue weighted by Crippen LogP contribution is -2.48. The predicted octanol–water partition coefficient (Wildman–Crippen LogP) is 4.85. The van der Waals surface area contributed by atoms with Gasteiger partial charge in [-0.1, -0.05) is 66.7 Å². The summed E-state index contributed by atoms with van der Waals surface area (Å²) in [5.74, 6) is -0.370. The second-order valence-corrected chi connectivity index (χ2v) is 9.82. The standard InChI is InChI=1S/C31H38N2O4/c1-23(27-11-5-9-25-8-3-4-10-28(25)27)32-19-6-7-24-12-14-26(15-13-24)31(17-21-37-22-18-31)30(35)33-20-16-29(34)36-2/h3-5,8-15,23,32H,6-7,16-22H2,1-2H3,(H,33,35)/t23-/m1/s1. The first-order valence-corrected chi connectivity index (χ1v) is 13.3. The number of aryl methyl sites for hydroxylation is 1.